The summed E-state index contributed by atoms with van der Waals surface area (Å²) in [6.45, 7) is 7.97. The van der Waals surface area contributed by atoms with Gasteiger partial charge in [-0.05, 0) is 56.0 Å². The summed E-state index contributed by atoms with van der Waals surface area (Å²) in [5.74, 6) is -0.685. The van der Waals surface area contributed by atoms with Gasteiger partial charge in [0.25, 0.3) is 10.0 Å². The summed E-state index contributed by atoms with van der Waals surface area (Å²) in [5.41, 5.74) is 3.09. The predicted octanol–water partition coefficient (Wildman–Crippen LogP) is 5.22. The number of hydrogen-bond donors (Lipinski definition) is 1. The van der Waals surface area contributed by atoms with E-state index in [1.165, 1.54) is 17.0 Å². The number of carbonyl (C=O) groups excluding carboxylic acids is 2. The normalized spacial score (nSPS) is 12.0. The van der Waals surface area contributed by atoms with Gasteiger partial charge in [-0.2, -0.15) is 0 Å². The van der Waals surface area contributed by atoms with Crippen LogP contribution in [0.1, 0.15) is 49.8 Å². The van der Waals surface area contributed by atoms with Crippen molar-refractivity contribution >= 4 is 27.5 Å². The molecule has 0 heterocycles. The van der Waals surface area contributed by atoms with Crippen molar-refractivity contribution in [1.29, 1.82) is 0 Å². The molecule has 0 aliphatic carbocycles. The molecule has 0 aliphatic heterocycles. The number of para-hydroxylation sites is 1. The van der Waals surface area contributed by atoms with E-state index >= 15 is 0 Å². The zero-order valence-corrected chi connectivity index (χ0v) is 24.1. The van der Waals surface area contributed by atoms with E-state index in [-0.39, 0.29) is 17.3 Å². The van der Waals surface area contributed by atoms with Gasteiger partial charge in [-0.3, -0.25) is 13.9 Å². The number of nitrogens with one attached hydrogen (secondary N) is 1. The molecule has 3 rings (SSSR count). The Labute approximate surface area is 232 Å². The van der Waals surface area contributed by atoms with E-state index in [1.54, 1.807) is 30.3 Å². The summed E-state index contributed by atoms with van der Waals surface area (Å²) < 4.78 is 28.9. The van der Waals surface area contributed by atoms with Gasteiger partial charge in [0.2, 0.25) is 11.8 Å². The third kappa shape index (κ3) is 7.69. The highest BCUT2D eigenvalue weighted by Crippen LogP contribution is 2.27. The molecular formula is C31H39N3O4S. The molecule has 0 fully saturated rings. The van der Waals surface area contributed by atoms with Crippen LogP contribution in [0.25, 0.3) is 0 Å². The fourth-order valence-electron chi connectivity index (χ4n) is 4.39. The number of hydrogen-bond acceptors (Lipinski definition) is 4. The first-order valence-electron chi connectivity index (χ1n) is 13.4. The lowest BCUT2D eigenvalue weighted by Crippen LogP contribution is -2.52. The van der Waals surface area contributed by atoms with Crippen molar-refractivity contribution in [3.05, 3.63) is 95.6 Å². The molecule has 3 aromatic carbocycles. The largest absolute Gasteiger partial charge is 0.354 e. The number of amides is 2. The van der Waals surface area contributed by atoms with E-state index in [2.05, 4.69) is 5.32 Å². The maximum absolute atomic E-state index is 14.1. The fraction of sp³-hybridized carbons (Fsp3) is 0.355. The van der Waals surface area contributed by atoms with Crippen LogP contribution in [0.3, 0.4) is 0 Å². The van der Waals surface area contributed by atoms with Gasteiger partial charge in [0.15, 0.2) is 0 Å². The summed E-state index contributed by atoms with van der Waals surface area (Å²) in [5, 5.41) is 2.95. The van der Waals surface area contributed by atoms with Gasteiger partial charge in [0.05, 0.1) is 10.6 Å². The molecule has 0 saturated heterocycles. The van der Waals surface area contributed by atoms with Crippen LogP contribution in [0.2, 0.25) is 0 Å². The van der Waals surface area contributed by atoms with Crippen LogP contribution in [0.4, 0.5) is 5.69 Å². The summed E-state index contributed by atoms with van der Waals surface area (Å²) in [6.07, 6.45) is 2.17. The maximum Gasteiger partial charge on any atom is 0.264 e. The van der Waals surface area contributed by atoms with E-state index in [0.29, 0.717) is 18.7 Å². The second-order valence-electron chi connectivity index (χ2n) is 9.69. The van der Waals surface area contributed by atoms with Gasteiger partial charge in [-0.1, -0.05) is 86.5 Å². The number of unbranched alkanes of at least 4 members (excludes halogenated alkanes) is 1. The number of carbonyl (C=O) groups is 2. The van der Waals surface area contributed by atoms with Crippen molar-refractivity contribution in [3.63, 3.8) is 0 Å². The van der Waals surface area contributed by atoms with Crippen molar-refractivity contribution in [2.75, 3.05) is 17.4 Å². The fourth-order valence-corrected chi connectivity index (χ4v) is 5.89. The number of benzene rings is 3. The highest BCUT2D eigenvalue weighted by atomic mass is 32.2. The topological polar surface area (TPSA) is 86.8 Å². The van der Waals surface area contributed by atoms with E-state index in [9.17, 15) is 18.0 Å². The molecule has 0 radical (unpaired) electrons. The highest BCUT2D eigenvalue weighted by Gasteiger charge is 2.34. The Balaban J connectivity index is 2.03. The molecule has 0 saturated carbocycles. The molecule has 0 bridgehead atoms. The van der Waals surface area contributed by atoms with Crippen molar-refractivity contribution in [1.82, 2.24) is 10.2 Å². The number of nitrogens with zero attached hydrogens (tertiary/aromatic N) is 2. The van der Waals surface area contributed by atoms with Crippen molar-refractivity contribution < 1.29 is 18.0 Å². The van der Waals surface area contributed by atoms with Gasteiger partial charge in [0.1, 0.15) is 12.6 Å². The average Bonchev–Trinajstić information content (AvgIpc) is 2.93. The van der Waals surface area contributed by atoms with Crippen LogP contribution >= 0.6 is 0 Å². The second kappa shape index (κ2) is 13.9. The molecule has 2 amide bonds. The standard InChI is InChI=1S/C31H39N3O4S/c1-5-7-21-32-31(36)28(6-2)33(22-26-19-17-24(3)18-20-26)30(35)23-34(29-16-12-11-13-25(29)4)39(37,38)27-14-9-8-10-15-27/h8-20,28H,5-7,21-23H2,1-4H3,(H,32,36). The summed E-state index contributed by atoms with van der Waals surface area (Å²) in [7, 11) is -4.07. The smallest absolute Gasteiger partial charge is 0.264 e. The average molecular weight is 550 g/mol. The van der Waals surface area contributed by atoms with Crippen LogP contribution in [0, 0.1) is 13.8 Å². The number of aryl methyl sites for hydroxylation is 2. The first-order chi connectivity index (χ1) is 18.7. The minimum absolute atomic E-state index is 0.0930. The van der Waals surface area contributed by atoms with E-state index in [1.807, 2.05) is 64.1 Å². The summed E-state index contributed by atoms with van der Waals surface area (Å²) in [4.78, 5) is 28.9. The lowest BCUT2D eigenvalue weighted by atomic mass is 10.1. The maximum atomic E-state index is 14.1. The Kier molecular flexibility index (Phi) is 10.7. The Morgan fingerprint density at radius 2 is 1.51 bits per heavy atom. The Morgan fingerprint density at radius 1 is 0.872 bits per heavy atom. The van der Waals surface area contributed by atoms with Crippen LogP contribution in [-0.4, -0.2) is 44.3 Å². The lowest BCUT2D eigenvalue weighted by molar-refractivity contribution is -0.140. The molecule has 1 N–H and O–H groups in total. The van der Waals surface area contributed by atoms with Gasteiger partial charge in [-0.15, -0.1) is 0 Å². The summed E-state index contributed by atoms with van der Waals surface area (Å²) >= 11 is 0. The second-order valence-corrected chi connectivity index (χ2v) is 11.5. The third-order valence-corrected chi connectivity index (χ3v) is 8.46. The molecule has 3 aromatic rings. The summed E-state index contributed by atoms with van der Waals surface area (Å²) in [6, 6.07) is 22.2. The third-order valence-electron chi connectivity index (χ3n) is 6.68. The Morgan fingerprint density at radius 3 is 2.13 bits per heavy atom. The molecule has 0 aromatic heterocycles. The predicted molar refractivity (Wildman–Crippen MR) is 156 cm³/mol. The van der Waals surface area contributed by atoms with Crippen molar-refractivity contribution in [3.8, 4) is 0 Å². The molecular weight excluding hydrogens is 510 g/mol. The SMILES string of the molecule is CCCCNC(=O)C(CC)N(Cc1ccc(C)cc1)C(=O)CN(c1ccccc1C)S(=O)(=O)c1ccccc1. The molecule has 8 heteroatoms. The van der Waals surface area contributed by atoms with Crippen molar-refractivity contribution in [2.24, 2.45) is 0 Å². The molecule has 0 aliphatic rings. The Hall–Kier alpha value is -3.65. The Bertz CT molecular complexity index is 1340. The van der Waals surface area contributed by atoms with E-state index in [4.69, 9.17) is 0 Å². The first-order valence-corrected chi connectivity index (χ1v) is 14.9. The van der Waals surface area contributed by atoms with Crippen LogP contribution < -0.4 is 9.62 Å². The molecule has 1 unspecified atom stereocenters. The van der Waals surface area contributed by atoms with E-state index in [0.717, 1.165) is 33.8 Å². The number of anilines is 1. The van der Waals surface area contributed by atoms with Crippen LogP contribution in [0.15, 0.2) is 83.8 Å². The first kappa shape index (κ1) is 29.9. The van der Waals surface area contributed by atoms with Crippen LogP contribution in [0.5, 0.6) is 0 Å². The number of rotatable bonds is 13. The monoisotopic (exact) mass is 549 g/mol. The molecule has 7 nitrogen and oxygen atoms in total. The number of sulfonamides is 1. The van der Waals surface area contributed by atoms with Crippen LogP contribution in [-0.2, 0) is 26.2 Å². The minimum atomic E-state index is -4.07. The molecule has 1 atom stereocenters. The molecule has 208 valence electrons. The van der Waals surface area contributed by atoms with E-state index < -0.39 is 28.5 Å². The van der Waals surface area contributed by atoms with Gasteiger partial charge in [0, 0.05) is 13.1 Å². The highest BCUT2D eigenvalue weighted by molar-refractivity contribution is 7.92. The van der Waals surface area contributed by atoms with Gasteiger partial charge in [-0.25, -0.2) is 8.42 Å². The molecule has 0 spiro atoms. The zero-order chi connectivity index (χ0) is 28.4. The van der Waals surface area contributed by atoms with Gasteiger partial charge >= 0.3 is 0 Å². The minimum Gasteiger partial charge on any atom is -0.354 e. The van der Waals surface area contributed by atoms with Crippen molar-refractivity contribution in [2.45, 2.75) is 64.4 Å². The molecule has 39 heavy (non-hydrogen) atoms. The quantitative estimate of drug-likeness (QED) is 0.296. The van der Waals surface area contributed by atoms with Gasteiger partial charge < -0.3 is 10.2 Å². The lowest BCUT2D eigenvalue weighted by Gasteiger charge is -2.33. The zero-order valence-electron chi connectivity index (χ0n) is 23.3.